The average Bonchev–Trinajstić information content (AvgIpc) is 2.47. The molecule has 1 aromatic heterocycles. The van der Waals surface area contributed by atoms with Crippen molar-refractivity contribution in [3.8, 4) is 0 Å². The van der Waals surface area contributed by atoms with E-state index in [9.17, 15) is 24.0 Å². The molecule has 0 aliphatic rings. The number of aromatic nitrogens is 2. The van der Waals surface area contributed by atoms with E-state index in [0.717, 1.165) is 6.08 Å². The van der Waals surface area contributed by atoms with Crippen molar-refractivity contribution in [1.29, 1.82) is 0 Å². The average molecular weight is 288 g/mol. The summed E-state index contributed by atoms with van der Waals surface area (Å²) in [6.07, 6.45) is 3.53. The van der Waals surface area contributed by atoms with Gasteiger partial charge in [-0.05, 0) is 0 Å². The molecule has 0 atom stereocenters. The highest BCUT2D eigenvalue weighted by molar-refractivity contribution is 6.34. The van der Waals surface area contributed by atoms with Gasteiger partial charge < -0.3 is 4.42 Å². The molecular weight excluding hydrogens is 285 g/mol. The summed E-state index contributed by atoms with van der Waals surface area (Å²) in [5.41, 5.74) is -1.51. The summed E-state index contributed by atoms with van der Waals surface area (Å²) in [5, 5.41) is 0. The molecular formula is C6H3B3N6O6. The Bertz CT molecular complexity index is 849. The van der Waals surface area contributed by atoms with Crippen molar-refractivity contribution >= 4 is 40.9 Å². The minimum atomic E-state index is -1.15. The largest absolute Gasteiger partial charge is 0.414 e. The van der Waals surface area contributed by atoms with Crippen molar-refractivity contribution in [3.05, 3.63) is 26.7 Å². The highest BCUT2D eigenvalue weighted by Crippen LogP contribution is 1.71. The predicted molar refractivity (Wildman–Crippen MR) is 69.4 cm³/mol. The lowest BCUT2D eigenvalue weighted by Crippen LogP contribution is -2.50. The number of nitrogens with zero attached hydrogens (tertiary/aromatic N) is 6. The van der Waals surface area contributed by atoms with Gasteiger partial charge in [0.2, 0.25) is 18.2 Å². The lowest BCUT2D eigenvalue weighted by molar-refractivity contribution is 0.385. The molecule has 1 aromatic rings. The van der Waals surface area contributed by atoms with Crippen LogP contribution in [0.4, 0.5) is 0 Å². The maximum absolute atomic E-state index is 12.0. The van der Waals surface area contributed by atoms with Gasteiger partial charge in [-0.2, -0.15) is 0 Å². The molecule has 0 saturated heterocycles. The van der Waals surface area contributed by atoms with Crippen molar-refractivity contribution < 1.29 is 18.8 Å². The molecule has 0 bridgehead atoms. The highest BCUT2D eigenvalue weighted by Gasteiger charge is 2.12. The molecule has 0 aliphatic carbocycles. The number of rotatable bonds is 6. The normalized spacial score (nSPS) is 9.62. The van der Waals surface area contributed by atoms with Crippen LogP contribution < -0.4 is 17.1 Å². The third-order valence-corrected chi connectivity index (χ3v) is 1.99. The van der Waals surface area contributed by atoms with Gasteiger partial charge in [-0.15, -0.1) is 0 Å². The fourth-order valence-electron chi connectivity index (χ4n) is 1.17. The van der Waals surface area contributed by atoms with Crippen LogP contribution in [0.2, 0.25) is 0 Å². The second-order valence-electron chi connectivity index (χ2n) is 3.12. The van der Waals surface area contributed by atoms with E-state index in [1.54, 1.807) is 0 Å². The molecule has 0 spiro atoms. The summed E-state index contributed by atoms with van der Waals surface area (Å²) < 4.78 is 5.83. The Hall–Kier alpha value is -3.26. The molecule has 0 fully saturated rings. The van der Waals surface area contributed by atoms with E-state index in [1.165, 1.54) is 12.2 Å². The Morgan fingerprint density at radius 1 is 0.905 bits per heavy atom. The van der Waals surface area contributed by atoms with E-state index in [4.69, 9.17) is 4.42 Å². The Morgan fingerprint density at radius 3 is 2.05 bits per heavy atom. The lowest BCUT2D eigenvalue weighted by Gasteiger charge is -2.03. The zero-order valence-electron chi connectivity index (χ0n) is 10.3. The fraction of sp³-hybridized carbons (Fsp3) is 0. The lowest BCUT2D eigenvalue weighted by atomic mass is 10.2. The van der Waals surface area contributed by atoms with Gasteiger partial charge in [0.15, 0.2) is 0 Å². The molecule has 21 heavy (non-hydrogen) atoms. The topological polar surface area (TPSA) is 158 Å². The third-order valence-electron chi connectivity index (χ3n) is 1.99. The summed E-state index contributed by atoms with van der Waals surface area (Å²) in [6.45, 7) is 0. The molecule has 0 aromatic carbocycles. The SMILES string of the molecule is O=C=NB/N=c1\oc(=O)n(BN=C=O)c(=O)n1BN=C=O. The van der Waals surface area contributed by atoms with Gasteiger partial charge in [-0.1, -0.05) is 0 Å². The van der Waals surface area contributed by atoms with E-state index < -0.39 is 39.8 Å². The number of isocyanates is 3. The minimum absolute atomic E-state index is 0.451. The van der Waals surface area contributed by atoms with Gasteiger partial charge in [-0.3, -0.25) is 13.9 Å². The standard InChI is InChI=1S/C6H3B3N6O6/c16-1-10-7-13-4-14(8-11-2-17)5(19)15(6(20)21-4)9-12-3-18/h7-9H/b13-4-. The van der Waals surface area contributed by atoms with Crippen LogP contribution >= 0.6 is 0 Å². The molecule has 0 amide bonds. The second kappa shape index (κ2) is 8.02. The van der Waals surface area contributed by atoms with Gasteiger partial charge in [0.05, 0.1) is 0 Å². The van der Waals surface area contributed by atoms with Gasteiger partial charge >= 0.3 is 34.1 Å². The monoisotopic (exact) mass is 288 g/mol. The van der Waals surface area contributed by atoms with Crippen LogP contribution in [0.5, 0.6) is 0 Å². The van der Waals surface area contributed by atoms with Crippen LogP contribution in [0.1, 0.15) is 0 Å². The van der Waals surface area contributed by atoms with Crippen LogP contribution in [0.15, 0.2) is 33.6 Å². The van der Waals surface area contributed by atoms with E-state index in [0.29, 0.717) is 8.96 Å². The van der Waals surface area contributed by atoms with Crippen LogP contribution in [-0.2, 0) is 14.4 Å². The second-order valence-corrected chi connectivity index (χ2v) is 3.12. The maximum atomic E-state index is 12.0. The molecule has 0 radical (unpaired) electrons. The summed E-state index contributed by atoms with van der Waals surface area (Å²) in [6, 6.07) is 0. The van der Waals surface area contributed by atoms with Crippen LogP contribution in [0.3, 0.4) is 0 Å². The smallest absolute Gasteiger partial charge is 0.378 e. The van der Waals surface area contributed by atoms with E-state index in [2.05, 4.69) is 19.6 Å². The van der Waals surface area contributed by atoms with Crippen molar-refractivity contribution in [2.24, 2.45) is 19.6 Å². The van der Waals surface area contributed by atoms with Crippen LogP contribution in [0, 0.1) is 0 Å². The third kappa shape index (κ3) is 4.11. The van der Waals surface area contributed by atoms with Gasteiger partial charge in [0.25, 0.3) is 5.68 Å². The zero-order chi connectivity index (χ0) is 15.7. The summed E-state index contributed by atoms with van der Waals surface area (Å²) in [4.78, 5) is 66.4. The van der Waals surface area contributed by atoms with Gasteiger partial charge in [0, 0.05) is 0 Å². The van der Waals surface area contributed by atoms with Crippen molar-refractivity contribution in [1.82, 2.24) is 8.96 Å². The number of hydrogen-bond acceptors (Lipinski definition) is 10. The predicted octanol–water partition coefficient (Wildman–Crippen LogP) is -4.99. The Labute approximate surface area is 116 Å². The fourth-order valence-corrected chi connectivity index (χ4v) is 1.17. The molecule has 15 heteroatoms. The van der Waals surface area contributed by atoms with Crippen molar-refractivity contribution in [3.63, 3.8) is 0 Å². The molecule has 12 nitrogen and oxygen atoms in total. The quantitative estimate of drug-likeness (QED) is 0.289. The Balaban J connectivity index is 3.58. The molecule has 0 N–H and O–H groups in total. The highest BCUT2D eigenvalue weighted by atomic mass is 16.4. The number of carbonyl (C=O) groups excluding carboxylic acids is 3. The summed E-state index contributed by atoms with van der Waals surface area (Å²) >= 11 is 0. The summed E-state index contributed by atoms with van der Waals surface area (Å²) in [5.74, 6) is -1.15. The van der Waals surface area contributed by atoms with E-state index >= 15 is 0 Å². The molecule has 0 aliphatic heterocycles. The van der Waals surface area contributed by atoms with Gasteiger partial charge in [-0.25, -0.2) is 38.7 Å². The van der Waals surface area contributed by atoms with Crippen molar-refractivity contribution in [2.45, 2.75) is 0 Å². The summed E-state index contributed by atoms with van der Waals surface area (Å²) in [7, 11) is -1.62. The van der Waals surface area contributed by atoms with E-state index in [1.807, 2.05) is 0 Å². The first kappa shape index (κ1) is 15.8. The van der Waals surface area contributed by atoms with E-state index in [-0.39, 0.29) is 0 Å². The van der Waals surface area contributed by atoms with Gasteiger partial charge in [0.1, 0.15) is 0 Å². The first-order chi connectivity index (χ1) is 10.2. The molecule has 0 unspecified atom stereocenters. The minimum Gasteiger partial charge on any atom is -0.378 e. The van der Waals surface area contributed by atoms with Crippen molar-refractivity contribution in [2.75, 3.05) is 0 Å². The first-order valence-corrected chi connectivity index (χ1v) is 5.12. The van der Waals surface area contributed by atoms with Crippen LogP contribution in [-0.4, -0.2) is 49.8 Å². The Kier molecular flexibility index (Phi) is 6.04. The molecule has 1 heterocycles. The number of hydrogen-bond donors (Lipinski definition) is 0. The maximum Gasteiger partial charge on any atom is 0.414 e. The Morgan fingerprint density at radius 2 is 1.48 bits per heavy atom. The molecule has 0 saturated carbocycles. The molecule has 102 valence electrons. The zero-order valence-corrected chi connectivity index (χ0v) is 10.3. The first-order valence-electron chi connectivity index (χ1n) is 5.12. The molecule has 1 rings (SSSR count). The van der Waals surface area contributed by atoms with Crippen LogP contribution in [0.25, 0.3) is 0 Å².